The number of aliphatic carboxylic acids is 1. The SMILES string of the molecule is CCCCCCCCCCC(C(=O)N[C@H]1CCCC[C@H]1C(CNC(=O)C1OC(C)(C)OCC1(C)C)C(=O)O)c1ccccc1. The van der Waals surface area contributed by atoms with E-state index in [1.54, 1.807) is 13.8 Å². The Bertz CT molecular complexity index is 1040. The number of benzene rings is 1. The molecule has 1 saturated heterocycles. The van der Waals surface area contributed by atoms with Crippen LogP contribution in [0.15, 0.2) is 30.3 Å². The van der Waals surface area contributed by atoms with Crippen molar-refractivity contribution in [2.24, 2.45) is 17.3 Å². The average molecular weight is 615 g/mol. The van der Waals surface area contributed by atoms with Crippen molar-refractivity contribution in [2.45, 2.75) is 142 Å². The van der Waals surface area contributed by atoms with Gasteiger partial charge in [0.1, 0.15) is 6.10 Å². The molecule has 1 aromatic carbocycles. The van der Waals surface area contributed by atoms with Crippen LogP contribution < -0.4 is 10.6 Å². The van der Waals surface area contributed by atoms with Crippen LogP contribution in [0.25, 0.3) is 0 Å². The van der Waals surface area contributed by atoms with Crippen molar-refractivity contribution in [2.75, 3.05) is 13.2 Å². The van der Waals surface area contributed by atoms with E-state index in [9.17, 15) is 19.5 Å². The zero-order chi connectivity index (χ0) is 32.2. The fourth-order valence-corrected chi connectivity index (χ4v) is 6.77. The maximum Gasteiger partial charge on any atom is 0.308 e. The highest BCUT2D eigenvalue weighted by molar-refractivity contribution is 5.84. The highest BCUT2D eigenvalue weighted by Crippen LogP contribution is 2.36. The van der Waals surface area contributed by atoms with E-state index in [-0.39, 0.29) is 36.2 Å². The lowest BCUT2D eigenvalue weighted by Gasteiger charge is -2.45. The second kappa shape index (κ2) is 17.3. The summed E-state index contributed by atoms with van der Waals surface area (Å²) in [6.45, 7) is 9.94. The van der Waals surface area contributed by atoms with Crippen LogP contribution in [0.4, 0.5) is 0 Å². The van der Waals surface area contributed by atoms with Gasteiger partial charge in [0.15, 0.2) is 5.79 Å². The van der Waals surface area contributed by atoms with E-state index in [2.05, 4.69) is 17.6 Å². The summed E-state index contributed by atoms with van der Waals surface area (Å²) in [6.07, 6.45) is 12.9. The molecule has 3 rings (SSSR count). The molecule has 3 unspecified atom stereocenters. The molecule has 1 saturated carbocycles. The molecule has 2 fully saturated rings. The number of nitrogens with one attached hydrogen (secondary N) is 2. The van der Waals surface area contributed by atoms with Gasteiger partial charge in [-0.25, -0.2) is 0 Å². The number of unbranched alkanes of at least 4 members (excludes halogenated alkanes) is 7. The second-order valence-corrected chi connectivity index (χ2v) is 14.2. The van der Waals surface area contributed by atoms with Gasteiger partial charge in [0.25, 0.3) is 0 Å². The minimum atomic E-state index is -0.956. The Morgan fingerprint density at radius 1 is 0.932 bits per heavy atom. The number of carbonyl (C=O) groups excluding carboxylic acids is 2. The van der Waals surface area contributed by atoms with Gasteiger partial charge in [0.05, 0.1) is 18.4 Å². The van der Waals surface area contributed by atoms with Crippen molar-refractivity contribution in [1.29, 1.82) is 0 Å². The quantitative estimate of drug-likeness (QED) is 0.163. The molecule has 2 amide bonds. The third-order valence-electron chi connectivity index (χ3n) is 9.48. The molecule has 0 bridgehead atoms. The molecule has 1 heterocycles. The minimum Gasteiger partial charge on any atom is -0.481 e. The fourth-order valence-electron chi connectivity index (χ4n) is 6.77. The summed E-state index contributed by atoms with van der Waals surface area (Å²) in [5.41, 5.74) is 0.450. The van der Waals surface area contributed by atoms with Crippen LogP contribution in [0.2, 0.25) is 0 Å². The van der Waals surface area contributed by atoms with Gasteiger partial charge < -0.3 is 25.2 Å². The molecular weight excluding hydrogens is 556 g/mol. The van der Waals surface area contributed by atoms with Crippen LogP contribution in [0.1, 0.15) is 130 Å². The molecule has 248 valence electrons. The Kier molecular flexibility index (Phi) is 14.2. The second-order valence-electron chi connectivity index (χ2n) is 14.2. The van der Waals surface area contributed by atoms with Crippen LogP contribution in [0, 0.1) is 17.3 Å². The molecule has 8 heteroatoms. The Morgan fingerprint density at radius 3 is 2.23 bits per heavy atom. The first-order valence-corrected chi connectivity index (χ1v) is 17.1. The number of amides is 2. The predicted molar refractivity (Wildman–Crippen MR) is 173 cm³/mol. The first-order valence-electron chi connectivity index (χ1n) is 17.1. The monoisotopic (exact) mass is 614 g/mol. The Labute approximate surface area is 265 Å². The molecule has 0 spiro atoms. The maximum atomic E-state index is 13.8. The first-order chi connectivity index (χ1) is 20.9. The van der Waals surface area contributed by atoms with Crippen molar-refractivity contribution < 1.29 is 29.0 Å². The van der Waals surface area contributed by atoms with Crippen molar-refractivity contribution in [3.05, 3.63) is 35.9 Å². The van der Waals surface area contributed by atoms with Crippen LogP contribution in [-0.2, 0) is 23.9 Å². The van der Waals surface area contributed by atoms with E-state index in [1.807, 2.05) is 44.2 Å². The number of carboxylic acid groups (broad SMARTS) is 1. The number of hydrogen-bond donors (Lipinski definition) is 3. The summed E-state index contributed by atoms with van der Waals surface area (Å²) in [6, 6.07) is 9.69. The fraction of sp³-hybridized carbons (Fsp3) is 0.750. The van der Waals surface area contributed by atoms with E-state index < -0.39 is 29.2 Å². The van der Waals surface area contributed by atoms with Crippen molar-refractivity contribution in [3.63, 3.8) is 0 Å². The van der Waals surface area contributed by atoms with Gasteiger partial charge in [-0.15, -0.1) is 0 Å². The van der Waals surface area contributed by atoms with E-state index in [0.717, 1.165) is 44.1 Å². The summed E-state index contributed by atoms with van der Waals surface area (Å²) in [4.78, 5) is 39.7. The summed E-state index contributed by atoms with van der Waals surface area (Å²) >= 11 is 0. The molecule has 44 heavy (non-hydrogen) atoms. The molecule has 8 nitrogen and oxygen atoms in total. The molecule has 3 N–H and O–H groups in total. The third kappa shape index (κ3) is 10.9. The Morgan fingerprint density at radius 2 is 1.57 bits per heavy atom. The Hall–Kier alpha value is -2.45. The largest absolute Gasteiger partial charge is 0.481 e. The lowest BCUT2D eigenvalue weighted by Crippen LogP contribution is -2.57. The van der Waals surface area contributed by atoms with Gasteiger partial charge in [-0.05, 0) is 44.6 Å². The van der Waals surface area contributed by atoms with Gasteiger partial charge in [-0.2, -0.15) is 0 Å². The summed E-state index contributed by atoms with van der Waals surface area (Å²) in [7, 11) is 0. The van der Waals surface area contributed by atoms with Gasteiger partial charge >= 0.3 is 5.97 Å². The number of carbonyl (C=O) groups is 3. The molecule has 0 aromatic heterocycles. The zero-order valence-corrected chi connectivity index (χ0v) is 27.9. The van der Waals surface area contributed by atoms with E-state index in [4.69, 9.17) is 9.47 Å². The Balaban J connectivity index is 1.64. The number of rotatable bonds is 17. The lowest BCUT2D eigenvalue weighted by atomic mass is 9.75. The zero-order valence-electron chi connectivity index (χ0n) is 27.9. The minimum absolute atomic E-state index is 0.0111. The number of carboxylic acids is 1. The molecule has 5 atom stereocenters. The highest BCUT2D eigenvalue weighted by atomic mass is 16.7. The molecule has 1 aliphatic carbocycles. The maximum absolute atomic E-state index is 13.8. The first kappa shape index (κ1) is 36.0. The van der Waals surface area contributed by atoms with E-state index >= 15 is 0 Å². The van der Waals surface area contributed by atoms with Crippen molar-refractivity contribution in [3.8, 4) is 0 Å². The smallest absolute Gasteiger partial charge is 0.308 e. The summed E-state index contributed by atoms with van der Waals surface area (Å²) in [5.74, 6) is -3.56. The van der Waals surface area contributed by atoms with E-state index in [1.165, 1.54) is 38.5 Å². The predicted octanol–water partition coefficient (Wildman–Crippen LogP) is 6.97. The van der Waals surface area contributed by atoms with Gasteiger partial charge in [-0.3, -0.25) is 14.4 Å². The molecule has 1 aromatic rings. The van der Waals surface area contributed by atoms with Gasteiger partial charge in [0.2, 0.25) is 11.8 Å². The summed E-state index contributed by atoms with van der Waals surface area (Å²) < 4.78 is 11.7. The van der Waals surface area contributed by atoms with Crippen LogP contribution in [-0.4, -0.2) is 54.0 Å². The summed E-state index contributed by atoms with van der Waals surface area (Å²) in [5, 5.41) is 16.5. The molecule has 0 radical (unpaired) electrons. The van der Waals surface area contributed by atoms with Crippen molar-refractivity contribution >= 4 is 17.8 Å². The van der Waals surface area contributed by atoms with Crippen LogP contribution in [0.5, 0.6) is 0 Å². The standard InChI is InChI=1S/C36H58N2O6/c1-6-7-8-9-10-11-12-16-21-27(26-19-14-13-15-20-26)32(39)38-30-23-18-17-22-28(30)29(34(41)42)24-37-33(40)31-35(2,3)25-43-36(4,5)44-31/h13-15,19-20,27-31H,6-12,16-18,21-25H2,1-5H3,(H,37,40)(H,38,39)(H,41,42)/t27?,28-,29?,30-,31?/m0/s1. The van der Waals surface area contributed by atoms with Crippen LogP contribution in [0.3, 0.4) is 0 Å². The highest BCUT2D eigenvalue weighted by Gasteiger charge is 2.46. The number of ether oxygens (including phenoxy) is 2. The molecule has 1 aliphatic heterocycles. The van der Waals surface area contributed by atoms with Crippen LogP contribution >= 0.6 is 0 Å². The van der Waals surface area contributed by atoms with Crippen molar-refractivity contribution in [1.82, 2.24) is 10.6 Å². The lowest BCUT2D eigenvalue weighted by molar-refractivity contribution is -0.304. The molecule has 2 aliphatic rings. The number of hydrogen-bond acceptors (Lipinski definition) is 5. The van der Waals surface area contributed by atoms with Gasteiger partial charge in [0, 0.05) is 18.0 Å². The van der Waals surface area contributed by atoms with E-state index in [0.29, 0.717) is 13.0 Å². The normalized spacial score (nSPS) is 24.2. The van der Waals surface area contributed by atoms with Gasteiger partial charge in [-0.1, -0.05) is 115 Å². The average Bonchev–Trinajstić information content (AvgIpc) is 2.98. The topological polar surface area (TPSA) is 114 Å². The molecular formula is C36H58N2O6. The third-order valence-corrected chi connectivity index (χ3v) is 9.48.